The van der Waals surface area contributed by atoms with Gasteiger partial charge >= 0.3 is 5.97 Å². The van der Waals surface area contributed by atoms with Crippen LogP contribution in [0.2, 0.25) is 10.0 Å². The molecule has 0 bridgehead atoms. The summed E-state index contributed by atoms with van der Waals surface area (Å²) in [6, 6.07) is 15.3. The van der Waals surface area contributed by atoms with Crippen LogP contribution in [0.25, 0.3) is 0 Å². The lowest BCUT2D eigenvalue weighted by molar-refractivity contribution is -0.183. The van der Waals surface area contributed by atoms with E-state index in [9.17, 15) is 23.1 Å². The number of rotatable bonds is 9. The molecular weight excluding hydrogens is 563 g/mol. The topological polar surface area (TPSA) is 114 Å². The van der Waals surface area contributed by atoms with Crippen molar-refractivity contribution in [1.29, 1.82) is 0 Å². The Morgan fingerprint density at radius 1 is 1.03 bits per heavy atom. The number of hydrogen-bond donors (Lipinski definition) is 1. The van der Waals surface area contributed by atoms with Gasteiger partial charge in [0.15, 0.2) is 9.84 Å². The Hall–Kier alpha value is -2.98. The standard InChI is InChI=1S/C28H26Cl2N2O6S/c29-20-8-6-18(7-9-20)26-27(19-2-1-3-21(30)14-19)38-24(15-25(33)34)28(35)32(26)23(17-4-5-17)16-39(36,37)22-10-12-31-13-11-22/h1-3,6-14,17,23-24,26-27H,4-5,15-16H2,(H,33,34). The molecule has 1 N–H and O–H groups in total. The quantitative estimate of drug-likeness (QED) is 0.368. The molecule has 2 fully saturated rings. The number of halogens is 2. The number of nitrogens with zero attached hydrogens (tertiary/aromatic N) is 2. The van der Waals surface area contributed by atoms with Crippen molar-refractivity contribution in [3.8, 4) is 0 Å². The minimum Gasteiger partial charge on any atom is -0.481 e. The van der Waals surface area contributed by atoms with Crippen molar-refractivity contribution in [2.45, 2.75) is 48.4 Å². The van der Waals surface area contributed by atoms with Crippen molar-refractivity contribution < 1.29 is 27.9 Å². The van der Waals surface area contributed by atoms with Crippen molar-refractivity contribution >= 4 is 44.9 Å². The van der Waals surface area contributed by atoms with Crippen LogP contribution in [-0.2, 0) is 24.2 Å². The summed E-state index contributed by atoms with van der Waals surface area (Å²) in [6.45, 7) is 0. The highest BCUT2D eigenvalue weighted by atomic mass is 35.5. The van der Waals surface area contributed by atoms with Crippen LogP contribution in [0.15, 0.2) is 78.0 Å². The molecule has 0 radical (unpaired) electrons. The van der Waals surface area contributed by atoms with Gasteiger partial charge in [0.1, 0.15) is 12.2 Å². The molecule has 4 atom stereocenters. The number of morpholine rings is 1. The molecule has 1 aliphatic heterocycles. The molecule has 0 spiro atoms. The third-order valence-electron chi connectivity index (χ3n) is 7.10. The molecule has 2 aromatic carbocycles. The summed E-state index contributed by atoms with van der Waals surface area (Å²) in [4.78, 5) is 31.4. The van der Waals surface area contributed by atoms with Crippen LogP contribution in [0, 0.1) is 5.92 Å². The lowest BCUT2D eigenvalue weighted by atomic mass is 9.89. The number of hydrogen-bond acceptors (Lipinski definition) is 6. The minimum atomic E-state index is -3.81. The second kappa shape index (κ2) is 11.3. The molecule has 1 saturated heterocycles. The predicted molar refractivity (Wildman–Crippen MR) is 145 cm³/mol. The average Bonchev–Trinajstić information content (AvgIpc) is 3.75. The molecule has 3 aromatic rings. The second-order valence-electron chi connectivity index (χ2n) is 9.81. The van der Waals surface area contributed by atoms with E-state index in [1.165, 1.54) is 24.5 Å². The Kier molecular flexibility index (Phi) is 7.96. The number of carbonyl (C=O) groups is 2. The molecule has 8 nitrogen and oxygen atoms in total. The van der Waals surface area contributed by atoms with Gasteiger partial charge in [0.05, 0.1) is 23.1 Å². The van der Waals surface area contributed by atoms with Gasteiger partial charge in [0.25, 0.3) is 5.91 Å². The van der Waals surface area contributed by atoms with E-state index < -0.39 is 52.4 Å². The van der Waals surface area contributed by atoms with Crippen LogP contribution in [0.5, 0.6) is 0 Å². The van der Waals surface area contributed by atoms with E-state index in [2.05, 4.69) is 4.98 Å². The molecule has 1 amide bonds. The number of carboxylic acid groups (broad SMARTS) is 1. The number of amides is 1. The molecule has 4 unspecified atom stereocenters. The van der Waals surface area contributed by atoms with Gasteiger partial charge in [-0.1, -0.05) is 47.5 Å². The molecule has 39 heavy (non-hydrogen) atoms. The maximum atomic E-state index is 14.0. The molecule has 1 aromatic heterocycles. The molecular formula is C28H26Cl2N2O6S. The Morgan fingerprint density at radius 2 is 1.72 bits per heavy atom. The first-order chi connectivity index (χ1) is 18.6. The normalized spacial score (nSPS) is 22.5. The molecule has 5 rings (SSSR count). The summed E-state index contributed by atoms with van der Waals surface area (Å²) < 4.78 is 33.3. The van der Waals surface area contributed by atoms with Crippen LogP contribution in [0.4, 0.5) is 0 Å². The first-order valence-corrected chi connectivity index (χ1v) is 14.9. The number of carbonyl (C=O) groups excluding carboxylic acids is 1. The zero-order valence-electron chi connectivity index (χ0n) is 20.7. The van der Waals surface area contributed by atoms with Gasteiger partial charge in [-0.2, -0.15) is 0 Å². The van der Waals surface area contributed by atoms with E-state index in [1.54, 1.807) is 53.4 Å². The molecule has 1 aliphatic carbocycles. The van der Waals surface area contributed by atoms with Gasteiger partial charge in [-0.3, -0.25) is 14.6 Å². The Balaban J connectivity index is 1.65. The summed E-state index contributed by atoms with van der Waals surface area (Å²) in [5.41, 5.74) is 1.32. The van der Waals surface area contributed by atoms with Gasteiger partial charge in [-0.05, 0) is 66.3 Å². The lowest BCUT2D eigenvalue weighted by Crippen LogP contribution is -2.57. The van der Waals surface area contributed by atoms with Crippen LogP contribution in [0.3, 0.4) is 0 Å². The predicted octanol–water partition coefficient (Wildman–Crippen LogP) is 5.13. The number of aromatic nitrogens is 1. The highest BCUT2D eigenvalue weighted by Gasteiger charge is 2.51. The lowest BCUT2D eigenvalue weighted by Gasteiger charge is -2.48. The Bertz CT molecular complexity index is 1460. The van der Waals surface area contributed by atoms with Gasteiger partial charge in [0, 0.05) is 28.5 Å². The summed E-state index contributed by atoms with van der Waals surface area (Å²) in [6.07, 6.45) is 1.64. The smallest absolute Gasteiger partial charge is 0.306 e. The third kappa shape index (κ3) is 6.11. The number of sulfone groups is 1. The molecule has 2 heterocycles. The average molecular weight is 589 g/mol. The van der Waals surface area contributed by atoms with Crippen LogP contribution < -0.4 is 0 Å². The maximum absolute atomic E-state index is 14.0. The van der Waals surface area contributed by atoms with Crippen molar-refractivity contribution in [3.63, 3.8) is 0 Å². The van der Waals surface area contributed by atoms with Crippen molar-refractivity contribution in [3.05, 3.63) is 94.2 Å². The monoisotopic (exact) mass is 588 g/mol. The highest BCUT2D eigenvalue weighted by molar-refractivity contribution is 7.91. The summed E-state index contributed by atoms with van der Waals surface area (Å²) in [7, 11) is -3.81. The number of carboxylic acids is 1. The van der Waals surface area contributed by atoms with Crippen molar-refractivity contribution in [2.24, 2.45) is 5.92 Å². The SMILES string of the molecule is O=C(O)CC1OC(c2cccc(Cl)c2)C(c2ccc(Cl)cc2)N(C(CS(=O)(=O)c2ccncc2)C2CC2)C1=O. The third-order valence-corrected chi connectivity index (χ3v) is 9.36. The number of benzene rings is 2. The summed E-state index contributed by atoms with van der Waals surface area (Å²) >= 11 is 12.5. The van der Waals surface area contributed by atoms with E-state index >= 15 is 0 Å². The minimum absolute atomic E-state index is 0.0658. The fourth-order valence-electron chi connectivity index (χ4n) is 5.15. The van der Waals surface area contributed by atoms with Crippen molar-refractivity contribution in [1.82, 2.24) is 9.88 Å². The Morgan fingerprint density at radius 3 is 2.33 bits per heavy atom. The summed E-state index contributed by atoms with van der Waals surface area (Å²) in [5, 5.41) is 10.5. The zero-order chi connectivity index (χ0) is 27.7. The van der Waals surface area contributed by atoms with Crippen LogP contribution in [0.1, 0.15) is 42.5 Å². The van der Waals surface area contributed by atoms with E-state index in [1.807, 2.05) is 0 Å². The fraction of sp³-hybridized carbons (Fsp3) is 0.321. The van der Waals surface area contributed by atoms with Gasteiger partial charge < -0.3 is 14.7 Å². The van der Waals surface area contributed by atoms with Crippen molar-refractivity contribution in [2.75, 3.05) is 5.75 Å². The fourth-order valence-corrected chi connectivity index (χ4v) is 7.09. The number of pyridine rings is 1. The van der Waals surface area contributed by atoms with E-state index in [0.29, 0.717) is 21.2 Å². The first kappa shape index (κ1) is 27.6. The zero-order valence-corrected chi connectivity index (χ0v) is 23.0. The Labute approximate surface area is 236 Å². The largest absolute Gasteiger partial charge is 0.481 e. The van der Waals surface area contributed by atoms with Gasteiger partial charge in [-0.15, -0.1) is 0 Å². The molecule has 204 valence electrons. The first-order valence-electron chi connectivity index (χ1n) is 12.5. The van der Waals surface area contributed by atoms with Crippen LogP contribution >= 0.6 is 23.2 Å². The maximum Gasteiger partial charge on any atom is 0.306 e. The summed E-state index contributed by atoms with van der Waals surface area (Å²) in [5.74, 6) is -2.14. The van der Waals surface area contributed by atoms with Gasteiger partial charge in [-0.25, -0.2) is 8.42 Å². The van der Waals surface area contributed by atoms with Gasteiger partial charge in [0.2, 0.25) is 0 Å². The molecule has 1 saturated carbocycles. The van der Waals surface area contributed by atoms with E-state index in [-0.39, 0.29) is 16.6 Å². The highest BCUT2D eigenvalue weighted by Crippen LogP contribution is 2.48. The molecule has 2 aliphatic rings. The van der Waals surface area contributed by atoms with E-state index in [4.69, 9.17) is 27.9 Å². The van der Waals surface area contributed by atoms with Crippen LogP contribution in [-0.4, -0.2) is 53.2 Å². The molecule has 11 heteroatoms. The number of ether oxygens (including phenoxy) is 1. The second-order valence-corrected chi connectivity index (χ2v) is 12.7. The number of aliphatic carboxylic acids is 1. The van der Waals surface area contributed by atoms with E-state index in [0.717, 1.165) is 12.8 Å².